The van der Waals surface area contributed by atoms with E-state index in [1.165, 1.54) is 13.8 Å². The van der Waals surface area contributed by atoms with Crippen molar-refractivity contribution in [2.45, 2.75) is 57.1 Å². The van der Waals surface area contributed by atoms with Crippen molar-refractivity contribution in [3.05, 3.63) is 87.3 Å². The van der Waals surface area contributed by atoms with E-state index in [1.807, 2.05) is 5.32 Å². The molecule has 1 aliphatic rings. The summed E-state index contributed by atoms with van der Waals surface area (Å²) in [6, 6.07) is 6.49. The molecule has 1 atom stereocenters. The predicted octanol–water partition coefficient (Wildman–Crippen LogP) is 7.28. The van der Waals surface area contributed by atoms with E-state index in [0.29, 0.717) is 38.9 Å². The average Bonchev–Trinajstić information content (AvgIpc) is 3.54. The lowest BCUT2D eigenvalue weighted by Gasteiger charge is -2.24. The summed E-state index contributed by atoms with van der Waals surface area (Å²) in [7, 11) is 3.32. The highest BCUT2D eigenvalue weighted by atomic mass is 35.5. The number of aliphatic hydroxyl groups is 1. The number of hydrogen-bond donors (Lipinski definition) is 5. The smallest absolute Gasteiger partial charge is 0.319 e. The van der Waals surface area contributed by atoms with Gasteiger partial charge in [-0.1, -0.05) is 23.6 Å². The van der Waals surface area contributed by atoms with Crippen LogP contribution in [0, 0.1) is 28.9 Å². The summed E-state index contributed by atoms with van der Waals surface area (Å²) in [6.07, 6.45) is -5.19. The largest absolute Gasteiger partial charge is 0.378 e. The van der Waals surface area contributed by atoms with Crippen LogP contribution in [0.3, 0.4) is 0 Å². The molecule has 0 bridgehead atoms. The first-order valence-electron chi connectivity index (χ1n) is 15.5. The number of fused-ring (bicyclic) bond motifs is 1. The summed E-state index contributed by atoms with van der Waals surface area (Å²) >= 11 is 6.57. The van der Waals surface area contributed by atoms with Gasteiger partial charge in [0.05, 0.1) is 33.4 Å². The normalized spacial score (nSPS) is 14.8. The number of aromatic nitrogens is 3. The molecule has 0 aliphatic heterocycles. The number of hydrogen-bond acceptors (Lipinski definition) is 6. The Morgan fingerprint density at radius 3 is 2.43 bits per heavy atom. The van der Waals surface area contributed by atoms with Crippen molar-refractivity contribution in [1.29, 1.82) is 5.41 Å². The maximum Gasteiger partial charge on any atom is 0.319 e. The standard InChI is InChI=1S/C35H32ClF6N7O2/c1-34(2,51)11-9-20-5-6-21(22-7-8-24(36)26-29(22)49(4)48-32(26)44-3)28(45-20)25(15-17-13-18(37)16-19(38)14-17)46-33(50)47-30-23(27(43)31(39)40)10-12-35(30,41)42/h5-8,13-14,16,25,31,43,51H,10,12,15H2,1-4H3,(H,44,48)(H2,46,47,50). The molecule has 0 saturated carbocycles. The van der Waals surface area contributed by atoms with Crippen molar-refractivity contribution in [2.75, 3.05) is 12.4 Å². The number of halogens is 7. The number of carbonyl (C=O) groups is 1. The number of nitrogens with zero attached hydrogens (tertiary/aromatic N) is 3. The van der Waals surface area contributed by atoms with Crippen molar-refractivity contribution in [1.82, 2.24) is 25.4 Å². The Hall–Kier alpha value is -5.07. The first-order chi connectivity index (χ1) is 23.9. The van der Waals surface area contributed by atoms with E-state index in [1.54, 1.807) is 43.0 Å². The third kappa shape index (κ3) is 8.13. The molecule has 2 heterocycles. The van der Waals surface area contributed by atoms with Crippen molar-refractivity contribution < 1.29 is 36.2 Å². The minimum atomic E-state index is -3.73. The molecule has 268 valence electrons. The second-order valence-corrected chi connectivity index (χ2v) is 12.8. The van der Waals surface area contributed by atoms with Gasteiger partial charge in [-0.05, 0) is 68.5 Å². The maximum atomic E-state index is 14.9. The first-order valence-corrected chi connectivity index (χ1v) is 15.9. The molecule has 9 nitrogen and oxygen atoms in total. The molecule has 0 radical (unpaired) electrons. The van der Waals surface area contributed by atoms with Gasteiger partial charge in [0.1, 0.15) is 28.6 Å². The number of anilines is 1. The number of benzene rings is 2. The molecule has 51 heavy (non-hydrogen) atoms. The number of allylic oxidation sites excluding steroid dienone is 2. The van der Waals surface area contributed by atoms with E-state index in [-0.39, 0.29) is 23.4 Å². The summed E-state index contributed by atoms with van der Waals surface area (Å²) in [4.78, 5) is 18.2. The molecular weight excluding hydrogens is 700 g/mol. The lowest BCUT2D eigenvalue weighted by Crippen LogP contribution is -2.42. The molecule has 0 saturated heterocycles. The molecule has 0 fully saturated rings. The van der Waals surface area contributed by atoms with Crippen LogP contribution in [0.1, 0.15) is 49.7 Å². The van der Waals surface area contributed by atoms with Gasteiger partial charge in [-0.25, -0.2) is 27.3 Å². The van der Waals surface area contributed by atoms with Crippen molar-refractivity contribution in [3.8, 4) is 23.0 Å². The number of carbonyl (C=O) groups excluding carboxylic acids is 1. The third-order valence-corrected chi connectivity index (χ3v) is 8.34. The van der Waals surface area contributed by atoms with Gasteiger partial charge in [-0.3, -0.25) is 10.1 Å². The van der Waals surface area contributed by atoms with Gasteiger partial charge in [0.25, 0.3) is 12.3 Å². The van der Waals surface area contributed by atoms with E-state index in [0.717, 1.165) is 12.1 Å². The Morgan fingerprint density at radius 1 is 1.14 bits per heavy atom. The third-order valence-electron chi connectivity index (χ3n) is 8.02. The summed E-state index contributed by atoms with van der Waals surface area (Å²) in [5, 5.41) is 30.7. The quantitative estimate of drug-likeness (QED) is 0.0703. The number of aryl methyl sites for hydroxylation is 1. The van der Waals surface area contributed by atoms with Crippen LogP contribution in [-0.2, 0) is 13.5 Å². The highest BCUT2D eigenvalue weighted by Crippen LogP contribution is 2.41. The zero-order chi connectivity index (χ0) is 37.4. The van der Waals surface area contributed by atoms with E-state index in [2.05, 4.69) is 32.6 Å². The van der Waals surface area contributed by atoms with Crippen LogP contribution in [0.2, 0.25) is 5.02 Å². The minimum Gasteiger partial charge on any atom is -0.378 e. The minimum absolute atomic E-state index is 0.0448. The Kier molecular flexibility index (Phi) is 10.4. The predicted molar refractivity (Wildman–Crippen MR) is 181 cm³/mol. The zero-order valence-corrected chi connectivity index (χ0v) is 28.4. The molecular formula is C35H32ClF6N7O2. The average molecular weight is 732 g/mol. The molecule has 1 aliphatic carbocycles. The number of pyridine rings is 1. The van der Waals surface area contributed by atoms with Gasteiger partial charge < -0.3 is 21.1 Å². The summed E-state index contributed by atoms with van der Waals surface area (Å²) in [6.45, 7) is 2.90. The van der Waals surface area contributed by atoms with Crippen molar-refractivity contribution >= 4 is 40.1 Å². The van der Waals surface area contributed by atoms with Crippen LogP contribution in [0.4, 0.5) is 37.0 Å². The molecule has 2 amide bonds. The van der Waals surface area contributed by atoms with Crippen LogP contribution >= 0.6 is 11.6 Å². The molecule has 4 aromatic rings. The van der Waals surface area contributed by atoms with Crippen LogP contribution < -0.4 is 16.0 Å². The van der Waals surface area contributed by atoms with Crippen LogP contribution in [-0.4, -0.2) is 56.6 Å². The Balaban J connectivity index is 1.71. The fourth-order valence-electron chi connectivity index (χ4n) is 5.83. The summed E-state index contributed by atoms with van der Waals surface area (Å²) < 4.78 is 87.0. The van der Waals surface area contributed by atoms with Gasteiger partial charge >= 0.3 is 6.03 Å². The Labute approximate surface area is 293 Å². The summed E-state index contributed by atoms with van der Waals surface area (Å²) in [5.41, 5.74) is -3.04. The van der Waals surface area contributed by atoms with Crippen LogP contribution in [0.25, 0.3) is 22.0 Å². The van der Waals surface area contributed by atoms with Gasteiger partial charge in [0, 0.05) is 43.3 Å². The first kappa shape index (κ1) is 37.2. The molecule has 1 unspecified atom stereocenters. The zero-order valence-electron chi connectivity index (χ0n) is 27.7. The molecule has 2 aromatic heterocycles. The molecule has 5 rings (SSSR count). The molecule has 5 N–H and O–H groups in total. The number of rotatable bonds is 9. The topological polar surface area (TPSA) is 128 Å². The number of nitrogens with one attached hydrogen (secondary N) is 4. The summed E-state index contributed by atoms with van der Waals surface area (Å²) in [5.74, 6) is 0.260. The van der Waals surface area contributed by atoms with Crippen molar-refractivity contribution in [3.63, 3.8) is 0 Å². The maximum absolute atomic E-state index is 14.9. The van der Waals surface area contributed by atoms with Gasteiger partial charge in [0.2, 0.25) is 0 Å². The molecule has 2 aromatic carbocycles. The second kappa shape index (κ2) is 14.3. The number of alkyl halides is 4. The highest BCUT2D eigenvalue weighted by molar-refractivity contribution is 6.37. The van der Waals surface area contributed by atoms with Crippen LogP contribution in [0.5, 0.6) is 0 Å². The van der Waals surface area contributed by atoms with Gasteiger partial charge in [-0.15, -0.1) is 0 Å². The Bertz CT molecular complexity index is 2110. The van der Waals surface area contributed by atoms with Crippen molar-refractivity contribution in [2.24, 2.45) is 7.05 Å². The fourth-order valence-corrected chi connectivity index (χ4v) is 6.08. The lowest BCUT2D eigenvalue weighted by molar-refractivity contribution is 0.0375. The van der Waals surface area contributed by atoms with E-state index in [9.17, 15) is 36.2 Å². The second-order valence-electron chi connectivity index (χ2n) is 12.4. The van der Waals surface area contributed by atoms with Gasteiger partial charge in [-0.2, -0.15) is 13.9 Å². The SMILES string of the molecule is CNc1nn(C)c2c(-c3ccc(C#CC(C)(C)O)nc3C(Cc3cc(F)cc(F)c3)NC(=O)NC3=C(C(=N)C(F)F)CCC3(F)F)ccc(Cl)c12. The van der Waals surface area contributed by atoms with E-state index >= 15 is 0 Å². The Morgan fingerprint density at radius 2 is 1.80 bits per heavy atom. The number of amides is 2. The van der Waals surface area contributed by atoms with Crippen LogP contribution in [0.15, 0.2) is 53.7 Å². The highest BCUT2D eigenvalue weighted by Gasteiger charge is 2.45. The van der Waals surface area contributed by atoms with E-state index in [4.69, 9.17) is 17.0 Å². The van der Waals surface area contributed by atoms with Gasteiger partial charge in [0.15, 0.2) is 5.82 Å². The number of urea groups is 1. The monoisotopic (exact) mass is 731 g/mol. The lowest BCUT2D eigenvalue weighted by atomic mass is 9.93. The van der Waals surface area contributed by atoms with E-state index < -0.39 is 71.5 Å². The molecule has 0 spiro atoms. The molecule has 16 heteroatoms. The fraction of sp³-hybridized carbons (Fsp3) is 0.314.